The van der Waals surface area contributed by atoms with Crippen molar-refractivity contribution < 1.29 is 78.1 Å². The summed E-state index contributed by atoms with van der Waals surface area (Å²) < 4.78 is 236. The van der Waals surface area contributed by atoms with E-state index in [0.717, 1.165) is 99.4 Å². The number of nitrogens with one attached hydrogen (secondary N) is 2. The Bertz CT molecular complexity index is 6430. The predicted octanol–water partition coefficient (Wildman–Crippen LogP) is 10.4. The van der Waals surface area contributed by atoms with Gasteiger partial charge in [-0.25, -0.2) is 140 Å². The van der Waals surface area contributed by atoms with Crippen molar-refractivity contribution in [3.63, 3.8) is 0 Å². The second kappa shape index (κ2) is 35.9. The second-order valence-corrected chi connectivity index (χ2v) is 40.4. The third-order valence-electron chi connectivity index (χ3n) is 22.5. The molecule has 125 heavy (non-hydrogen) atoms. The third kappa shape index (κ3) is 21.0. The molecule has 5 saturated heterocycles. The largest absolute Gasteiger partial charge is 0.373 e. The number of nitrogens with zero attached hydrogens (tertiary/aromatic N) is 23. The van der Waals surface area contributed by atoms with E-state index in [1.54, 1.807) is 72.8 Å². The zero-order valence-electron chi connectivity index (χ0n) is 67.9. The van der Waals surface area contributed by atoms with Crippen molar-refractivity contribution in [3.8, 4) is 45.3 Å². The van der Waals surface area contributed by atoms with Crippen LogP contribution in [0.4, 0.5) is 66.9 Å². The molecule has 3 unspecified atom stereocenters. The fraction of sp³-hybridized carbons (Fsp3) is 0.449. The number of hydrogen-bond acceptors (Lipinski definition) is 26. The molecule has 6 aliphatic rings. The number of morpholine rings is 1. The van der Waals surface area contributed by atoms with Crippen LogP contribution in [0, 0.1) is 16.7 Å². The van der Waals surface area contributed by atoms with E-state index < -0.39 is 89.5 Å². The summed E-state index contributed by atoms with van der Waals surface area (Å²) in [5.41, 5.74) is 6.48. The number of aromatic nitrogens is 17. The molecular weight excluding hydrogens is 1730 g/mol. The molecule has 0 radical (unpaired) electrons. The minimum atomic E-state index is -3.60. The Hall–Kier alpha value is -10.9. The highest BCUT2D eigenvalue weighted by molar-refractivity contribution is 7.92. The van der Waals surface area contributed by atoms with Crippen LogP contribution in [0.3, 0.4) is 0 Å². The van der Waals surface area contributed by atoms with Gasteiger partial charge in [0.2, 0.25) is 30.1 Å². The number of halogens is 10. The number of anilines is 4. The molecule has 2 spiro atoms. The number of hydrogen-bond donors (Lipinski definition) is 2. The molecule has 0 bridgehead atoms. The Morgan fingerprint density at radius 3 is 1.60 bits per heavy atom. The van der Waals surface area contributed by atoms with Crippen molar-refractivity contribution in [1.29, 1.82) is 0 Å². The maximum atomic E-state index is 14.4. The van der Waals surface area contributed by atoms with Gasteiger partial charge in [0.05, 0.1) is 103 Å². The van der Waals surface area contributed by atoms with E-state index in [2.05, 4.69) is 93.8 Å². The number of piperidine rings is 2. The first-order chi connectivity index (χ1) is 59.3. The van der Waals surface area contributed by atoms with Crippen LogP contribution in [-0.4, -0.2) is 252 Å². The zero-order chi connectivity index (χ0) is 88.7. The third-order valence-corrected chi connectivity index (χ3v) is 26.0. The minimum Gasteiger partial charge on any atom is -0.373 e. The highest BCUT2D eigenvalue weighted by Crippen LogP contribution is 2.48. The summed E-state index contributed by atoms with van der Waals surface area (Å²) in [4.78, 5) is 46.9. The molecule has 6 fully saturated rings. The fourth-order valence-electron chi connectivity index (χ4n) is 16.4. The van der Waals surface area contributed by atoms with Crippen LogP contribution < -0.4 is 29.0 Å². The predicted molar refractivity (Wildman–Crippen MR) is 445 cm³/mol. The Morgan fingerprint density at radius 2 is 1.03 bits per heavy atom. The number of fused-ring (bicyclic) bond motifs is 4. The Kier molecular flexibility index (Phi) is 25.5. The van der Waals surface area contributed by atoms with Crippen LogP contribution in [0.1, 0.15) is 93.4 Å². The highest BCUT2D eigenvalue weighted by atomic mass is 32.2. The topological polar surface area (TPSA) is 367 Å². The zero-order valence-corrected chi connectivity index (χ0v) is 71.2. The van der Waals surface area contributed by atoms with E-state index in [4.69, 9.17) is 4.74 Å². The monoisotopic (exact) mass is 1820 g/mol. The molecule has 1 saturated carbocycles. The van der Waals surface area contributed by atoms with Gasteiger partial charge >= 0.3 is 0 Å². The minimum absolute atomic E-state index is 0.0285. The molecular formula is C78H87F10N25O8S4. The quantitative estimate of drug-likeness (QED) is 0.0669. The number of imidazole rings is 4. The first-order valence-electron chi connectivity index (χ1n) is 39.5. The molecule has 12 aromatic rings. The van der Waals surface area contributed by atoms with Crippen molar-refractivity contribution in [2.24, 2.45) is 21.1 Å². The van der Waals surface area contributed by atoms with E-state index in [-0.39, 0.29) is 59.7 Å². The van der Waals surface area contributed by atoms with Crippen molar-refractivity contribution in [3.05, 3.63) is 164 Å². The number of ether oxygens (including phenoxy) is 1. The number of alkyl halides is 10. The summed E-state index contributed by atoms with van der Waals surface area (Å²) in [6, 6.07) is 21.7. The molecule has 1 aliphatic carbocycles. The molecule has 5 aliphatic heterocycles. The van der Waals surface area contributed by atoms with Gasteiger partial charge in [0.1, 0.15) is 52.1 Å². The van der Waals surface area contributed by atoms with Gasteiger partial charge in [-0.1, -0.05) is 0 Å². The molecule has 2 N–H and O–H groups in total. The molecule has 0 aromatic carbocycles. The van der Waals surface area contributed by atoms with Gasteiger partial charge in [0.15, 0.2) is 22.6 Å². The van der Waals surface area contributed by atoms with Gasteiger partial charge in [-0.05, 0) is 123 Å². The molecule has 666 valence electrons. The average molecular weight is 1820 g/mol. The van der Waals surface area contributed by atoms with Crippen molar-refractivity contribution in [2.45, 2.75) is 88.7 Å². The molecule has 0 amide bonds. The van der Waals surface area contributed by atoms with Gasteiger partial charge in [-0.15, -0.1) is 0 Å². The molecule has 33 nitrogen and oxygen atoms in total. The smallest absolute Gasteiger partial charge is 0.282 e. The maximum Gasteiger partial charge on any atom is 0.282 e. The molecule has 17 heterocycles. The SMILES string of the molecule is CS(=O)(=O)N1CC2(CCCN(c3cncc(-c4cnc5ccc(C(F)F)nn45)c3)C2)C1.CS(=O)(=O)NC1CCC2(CCN(c3cc(-c4cnc5ccc(C(F)F)nn45)ncn3)C2)C1.CS(=O)(=O)NCC1CN(c2ccnc(-c3cnc4ccc(C(F)F)nn34)c2)CCC1(F)F.CS(C)(=O)=NC[C@@H]1CN(c2cc(-c3cnc4ccc(C(F)F)nn34)ccn2)CCO1. The van der Waals surface area contributed by atoms with E-state index in [9.17, 15) is 73.4 Å². The second-order valence-electron chi connectivity index (χ2n) is 32.1. The number of rotatable bonds is 20. The van der Waals surface area contributed by atoms with Crippen molar-refractivity contribution >= 4 is 85.4 Å². The summed E-state index contributed by atoms with van der Waals surface area (Å²) in [6.45, 7) is 5.99. The number of sulfonamides is 3. The molecule has 4 atom stereocenters. The molecule has 18 rings (SSSR count). The standard InChI is InChI=1S/C20H23F2N7O2S.C20H22F2N6O2S.C19H20F4N6O2S.C19H22F2N6O2S/c1-32(30,31)27-13-4-5-20(9-13)6-7-28(11-20)18-8-15(24-12-25-18)16-10-23-17-3-2-14(19(21)22)26-29(16)17;1-31(29,30)27-12-20(13-27)5-2-6-26(11-20)15-7-14(8-23-9-15)17-10-24-18-4-3-16(19(21)22)25-28(17)18;1-32(30,31)26-9-12-11-28(7-5-19(12,22)23)13-4-6-24-15(8-13)16-10-25-17-3-2-14(18(20)21)27-29(16)17;1-30(2,28)24-10-14-12-26(7-8-29-14)18-9-13(5-6-22-18)16-11-23-17-4-3-15(19(20)21)25-27(16)17/h2-3,8,10,12-13,19,27H,4-7,9,11H2,1H3;3-4,7-10,19H,2,5-6,11-13H2,1H3;2-4,6,8,10,12,18,26H,5,7,9,11H2,1H3;3-6,9,11,14,19H,7-8,10,12H2,1-2H3/t;;;14-/m...1/s1. The van der Waals surface area contributed by atoms with E-state index in [1.165, 1.54) is 102 Å². The van der Waals surface area contributed by atoms with Crippen LogP contribution in [0.2, 0.25) is 0 Å². The maximum absolute atomic E-state index is 14.4. The van der Waals surface area contributed by atoms with Crippen LogP contribution in [0.15, 0.2) is 145 Å². The highest BCUT2D eigenvalue weighted by Gasteiger charge is 2.50. The summed E-state index contributed by atoms with van der Waals surface area (Å²) in [6.07, 6.45) is 15.0. The molecule has 12 aromatic heterocycles. The molecule has 47 heteroatoms. The lowest BCUT2D eigenvalue weighted by Crippen LogP contribution is -2.64. The number of pyridine rings is 3. The lowest BCUT2D eigenvalue weighted by Gasteiger charge is -2.53. The van der Waals surface area contributed by atoms with Crippen LogP contribution in [0.5, 0.6) is 0 Å². The van der Waals surface area contributed by atoms with Gasteiger partial charge in [-0.2, -0.15) is 20.4 Å². The summed E-state index contributed by atoms with van der Waals surface area (Å²) in [5.74, 6) is -2.75. The Morgan fingerprint density at radius 1 is 0.488 bits per heavy atom. The van der Waals surface area contributed by atoms with Crippen molar-refractivity contribution in [2.75, 3.05) is 136 Å². The summed E-state index contributed by atoms with van der Waals surface area (Å²) in [5, 5.41) is 16.0. The summed E-state index contributed by atoms with van der Waals surface area (Å²) in [7, 11) is -12.2. The van der Waals surface area contributed by atoms with Gasteiger partial charge in [0.25, 0.3) is 31.6 Å². The summed E-state index contributed by atoms with van der Waals surface area (Å²) >= 11 is 0. The van der Waals surface area contributed by atoms with E-state index in [0.29, 0.717) is 102 Å². The van der Waals surface area contributed by atoms with E-state index in [1.807, 2.05) is 18.2 Å². The fourth-order valence-corrected chi connectivity index (χ4v) is 19.2. The Balaban J connectivity index is 0.000000129. The van der Waals surface area contributed by atoms with Gasteiger partial charge < -0.3 is 24.3 Å². The first-order valence-corrected chi connectivity index (χ1v) is 47.5. The first kappa shape index (κ1) is 89.0. The lowest BCUT2D eigenvalue weighted by atomic mass is 9.75. The van der Waals surface area contributed by atoms with Crippen LogP contribution in [-0.2, 0) is 44.5 Å². The normalized spacial score (nSPS) is 20.0. The van der Waals surface area contributed by atoms with Gasteiger partial charge in [0, 0.05) is 154 Å². The van der Waals surface area contributed by atoms with Crippen LogP contribution in [0.25, 0.3) is 67.9 Å². The van der Waals surface area contributed by atoms with E-state index >= 15 is 0 Å². The Labute approximate surface area is 711 Å². The van der Waals surface area contributed by atoms with Crippen LogP contribution >= 0.6 is 0 Å². The lowest BCUT2D eigenvalue weighted by molar-refractivity contribution is -0.0694. The van der Waals surface area contributed by atoms with Gasteiger partial charge in [-0.3, -0.25) is 14.2 Å². The average Bonchev–Trinajstić information content (AvgIpc) is 1.46. The van der Waals surface area contributed by atoms with Crippen molar-refractivity contribution in [1.82, 2.24) is 97.1 Å².